The molecule has 1 N–H and O–H groups in total. The second-order valence-corrected chi connectivity index (χ2v) is 4.48. The Bertz CT molecular complexity index is 261. The molecule has 2 aliphatic rings. The van der Waals surface area contributed by atoms with E-state index in [-0.39, 0.29) is 11.8 Å². The SMILES string of the molecule is O=C1CCN(C(=O)CC2CCC2)CCN1. The average molecular weight is 210 g/mol. The number of carbonyl (C=O) groups is 2. The zero-order valence-corrected chi connectivity index (χ0v) is 9.00. The fraction of sp³-hybridized carbons (Fsp3) is 0.818. The predicted octanol–water partition coefficient (Wildman–Crippen LogP) is 0.525. The minimum Gasteiger partial charge on any atom is -0.354 e. The van der Waals surface area contributed by atoms with Crippen LogP contribution in [-0.4, -0.2) is 36.3 Å². The summed E-state index contributed by atoms with van der Waals surface area (Å²) in [4.78, 5) is 24.8. The summed E-state index contributed by atoms with van der Waals surface area (Å²) in [6.45, 7) is 1.88. The van der Waals surface area contributed by atoms with E-state index in [1.807, 2.05) is 4.90 Å². The second-order valence-electron chi connectivity index (χ2n) is 4.48. The van der Waals surface area contributed by atoms with E-state index in [0.717, 1.165) is 0 Å². The molecule has 1 saturated heterocycles. The van der Waals surface area contributed by atoms with Gasteiger partial charge in [0.1, 0.15) is 0 Å². The van der Waals surface area contributed by atoms with Gasteiger partial charge in [-0.1, -0.05) is 6.42 Å². The lowest BCUT2D eigenvalue weighted by atomic mass is 9.82. The maximum Gasteiger partial charge on any atom is 0.222 e. The highest BCUT2D eigenvalue weighted by atomic mass is 16.2. The highest BCUT2D eigenvalue weighted by molar-refractivity contribution is 5.80. The van der Waals surface area contributed by atoms with Gasteiger partial charge in [-0.3, -0.25) is 9.59 Å². The van der Waals surface area contributed by atoms with E-state index in [2.05, 4.69) is 5.32 Å². The van der Waals surface area contributed by atoms with Gasteiger partial charge in [-0.15, -0.1) is 0 Å². The molecule has 1 aliphatic heterocycles. The Morgan fingerprint density at radius 3 is 2.87 bits per heavy atom. The smallest absolute Gasteiger partial charge is 0.222 e. The van der Waals surface area contributed by atoms with Crippen LogP contribution >= 0.6 is 0 Å². The summed E-state index contributed by atoms with van der Waals surface area (Å²) in [7, 11) is 0. The van der Waals surface area contributed by atoms with Gasteiger partial charge in [-0.25, -0.2) is 0 Å². The Morgan fingerprint density at radius 2 is 2.20 bits per heavy atom. The van der Waals surface area contributed by atoms with Crippen LogP contribution in [0, 0.1) is 5.92 Å². The molecule has 0 aromatic heterocycles. The molecule has 0 bridgehead atoms. The third-order valence-corrected chi connectivity index (χ3v) is 3.35. The first-order valence-electron chi connectivity index (χ1n) is 5.80. The van der Waals surface area contributed by atoms with Gasteiger partial charge in [0.2, 0.25) is 11.8 Å². The number of hydrogen-bond acceptors (Lipinski definition) is 2. The number of rotatable bonds is 2. The number of nitrogens with one attached hydrogen (secondary N) is 1. The van der Waals surface area contributed by atoms with Crippen LogP contribution in [0.3, 0.4) is 0 Å². The van der Waals surface area contributed by atoms with Crippen LogP contribution in [0.2, 0.25) is 0 Å². The quantitative estimate of drug-likeness (QED) is 0.722. The van der Waals surface area contributed by atoms with E-state index >= 15 is 0 Å². The normalized spacial score (nSPS) is 22.9. The second kappa shape index (κ2) is 4.64. The van der Waals surface area contributed by atoms with E-state index in [9.17, 15) is 9.59 Å². The number of carbonyl (C=O) groups excluding carboxylic acids is 2. The third-order valence-electron chi connectivity index (χ3n) is 3.35. The zero-order valence-electron chi connectivity index (χ0n) is 9.00. The lowest BCUT2D eigenvalue weighted by Crippen LogP contribution is -2.36. The maximum atomic E-state index is 11.8. The van der Waals surface area contributed by atoms with Gasteiger partial charge in [0.15, 0.2) is 0 Å². The molecule has 2 fully saturated rings. The van der Waals surface area contributed by atoms with Crippen molar-refractivity contribution in [3.8, 4) is 0 Å². The molecule has 4 nitrogen and oxygen atoms in total. The lowest BCUT2D eigenvalue weighted by Gasteiger charge is -2.28. The van der Waals surface area contributed by atoms with Gasteiger partial charge in [-0.2, -0.15) is 0 Å². The minimum absolute atomic E-state index is 0.0638. The van der Waals surface area contributed by atoms with Crippen LogP contribution in [-0.2, 0) is 9.59 Å². The molecular weight excluding hydrogens is 192 g/mol. The van der Waals surface area contributed by atoms with Crippen molar-refractivity contribution in [2.24, 2.45) is 5.92 Å². The molecule has 0 aromatic rings. The van der Waals surface area contributed by atoms with Crippen LogP contribution in [0.4, 0.5) is 0 Å². The molecular formula is C11H18N2O2. The molecule has 4 heteroatoms. The Labute approximate surface area is 90.0 Å². The number of amides is 2. The predicted molar refractivity (Wildman–Crippen MR) is 56.2 cm³/mol. The molecule has 84 valence electrons. The van der Waals surface area contributed by atoms with Crippen LogP contribution in [0.5, 0.6) is 0 Å². The molecule has 1 aliphatic carbocycles. The summed E-state index contributed by atoms with van der Waals surface area (Å²) in [6, 6.07) is 0. The number of nitrogens with zero attached hydrogens (tertiary/aromatic N) is 1. The summed E-state index contributed by atoms with van der Waals surface area (Å²) in [5.41, 5.74) is 0. The van der Waals surface area contributed by atoms with Gasteiger partial charge in [0, 0.05) is 32.5 Å². The average Bonchev–Trinajstić information content (AvgIpc) is 2.36. The first-order chi connectivity index (χ1) is 7.25. The Kier molecular flexibility index (Phi) is 3.23. The summed E-state index contributed by atoms with van der Waals surface area (Å²) in [6.07, 6.45) is 4.83. The third kappa shape index (κ3) is 2.70. The Hall–Kier alpha value is -1.06. The summed E-state index contributed by atoms with van der Waals surface area (Å²) in [5.74, 6) is 0.912. The first kappa shape index (κ1) is 10.5. The van der Waals surface area contributed by atoms with Crippen LogP contribution in [0.15, 0.2) is 0 Å². The highest BCUT2D eigenvalue weighted by Crippen LogP contribution is 2.29. The first-order valence-corrected chi connectivity index (χ1v) is 5.80. The van der Waals surface area contributed by atoms with Gasteiger partial charge < -0.3 is 10.2 Å². The highest BCUT2D eigenvalue weighted by Gasteiger charge is 2.24. The monoisotopic (exact) mass is 210 g/mol. The summed E-state index contributed by atoms with van der Waals surface area (Å²) >= 11 is 0. The van der Waals surface area contributed by atoms with Crippen LogP contribution in [0.25, 0.3) is 0 Å². The van der Waals surface area contributed by atoms with Gasteiger partial charge >= 0.3 is 0 Å². The van der Waals surface area contributed by atoms with Gasteiger partial charge in [0.25, 0.3) is 0 Å². The standard InChI is InChI=1S/C11H18N2O2/c14-10-4-6-13(7-5-12-10)11(15)8-9-2-1-3-9/h9H,1-8H2,(H,12,14). The Morgan fingerprint density at radius 1 is 1.40 bits per heavy atom. The van der Waals surface area contributed by atoms with Crippen molar-refractivity contribution in [2.75, 3.05) is 19.6 Å². The van der Waals surface area contributed by atoms with Crippen molar-refractivity contribution in [1.82, 2.24) is 10.2 Å². The molecule has 1 saturated carbocycles. The van der Waals surface area contributed by atoms with Crippen molar-refractivity contribution >= 4 is 11.8 Å². The zero-order chi connectivity index (χ0) is 10.7. The van der Waals surface area contributed by atoms with E-state index in [0.29, 0.717) is 38.4 Å². The number of hydrogen-bond donors (Lipinski definition) is 1. The van der Waals surface area contributed by atoms with E-state index in [1.54, 1.807) is 0 Å². The van der Waals surface area contributed by atoms with Crippen molar-refractivity contribution in [2.45, 2.75) is 32.1 Å². The molecule has 0 atom stereocenters. The van der Waals surface area contributed by atoms with E-state index in [4.69, 9.17) is 0 Å². The largest absolute Gasteiger partial charge is 0.354 e. The van der Waals surface area contributed by atoms with Gasteiger partial charge in [-0.05, 0) is 18.8 Å². The molecule has 0 unspecified atom stereocenters. The lowest BCUT2D eigenvalue weighted by molar-refractivity contribution is -0.132. The molecule has 2 rings (SSSR count). The molecule has 0 spiro atoms. The molecule has 0 radical (unpaired) electrons. The molecule has 0 aromatic carbocycles. The minimum atomic E-state index is 0.0638. The maximum absolute atomic E-state index is 11.8. The van der Waals surface area contributed by atoms with Crippen molar-refractivity contribution in [1.29, 1.82) is 0 Å². The fourth-order valence-corrected chi connectivity index (χ4v) is 2.09. The van der Waals surface area contributed by atoms with Gasteiger partial charge in [0.05, 0.1) is 0 Å². The molecule has 15 heavy (non-hydrogen) atoms. The van der Waals surface area contributed by atoms with Crippen molar-refractivity contribution in [3.05, 3.63) is 0 Å². The van der Waals surface area contributed by atoms with Crippen LogP contribution < -0.4 is 5.32 Å². The summed E-state index contributed by atoms with van der Waals surface area (Å²) in [5, 5.41) is 2.78. The molecule has 1 heterocycles. The van der Waals surface area contributed by atoms with Crippen molar-refractivity contribution in [3.63, 3.8) is 0 Å². The Balaban J connectivity index is 1.80. The van der Waals surface area contributed by atoms with Crippen molar-refractivity contribution < 1.29 is 9.59 Å². The fourth-order valence-electron chi connectivity index (χ4n) is 2.09. The topological polar surface area (TPSA) is 49.4 Å². The summed E-state index contributed by atoms with van der Waals surface area (Å²) < 4.78 is 0. The van der Waals surface area contributed by atoms with Crippen LogP contribution in [0.1, 0.15) is 32.1 Å². The van der Waals surface area contributed by atoms with E-state index < -0.39 is 0 Å². The molecule has 2 amide bonds. The van der Waals surface area contributed by atoms with E-state index in [1.165, 1.54) is 19.3 Å².